The fourth-order valence-electron chi connectivity index (χ4n) is 1.74. The fourth-order valence-corrected chi connectivity index (χ4v) is 1.74. The molecule has 1 saturated carbocycles. The van der Waals surface area contributed by atoms with Gasteiger partial charge in [-0.1, -0.05) is 12.1 Å². The monoisotopic (exact) mass is 221 g/mol. The van der Waals surface area contributed by atoms with E-state index >= 15 is 0 Å². The third-order valence-electron chi connectivity index (χ3n) is 2.93. The molecule has 1 aliphatic rings. The van der Waals surface area contributed by atoms with Crippen molar-refractivity contribution in [2.45, 2.75) is 24.9 Å². The molecule has 1 aromatic rings. The lowest BCUT2D eigenvalue weighted by Gasteiger charge is -2.36. The SMILES string of the molecule is NC(=O)c1ccccc1OCC1(O)CCC1. The van der Waals surface area contributed by atoms with Crippen molar-refractivity contribution < 1.29 is 14.6 Å². The van der Waals surface area contributed by atoms with Crippen LogP contribution in [0.25, 0.3) is 0 Å². The Morgan fingerprint density at radius 1 is 1.44 bits per heavy atom. The topological polar surface area (TPSA) is 72.6 Å². The van der Waals surface area contributed by atoms with Gasteiger partial charge >= 0.3 is 0 Å². The molecule has 2 rings (SSSR count). The van der Waals surface area contributed by atoms with Gasteiger partial charge in [-0.2, -0.15) is 0 Å². The van der Waals surface area contributed by atoms with Gasteiger partial charge in [-0.05, 0) is 31.4 Å². The molecule has 4 nitrogen and oxygen atoms in total. The Kier molecular flexibility index (Phi) is 2.83. The third-order valence-corrected chi connectivity index (χ3v) is 2.93. The van der Waals surface area contributed by atoms with Crippen LogP contribution < -0.4 is 10.5 Å². The smallest absolute Gasteiger partial charge is 0.252 e. The summed E-state index contributed by atoms with van der Waals surface area (Å²) in [5, 5.41) is 9.86. The van der Waals surface area contributed by atoms with Gasteiger partial charge in [0.05, 0.1) is 11.2 Å². The highest BCUT2D eigenvalue weighted by molar-refractivity contribution is 5.95. The minimum Gasteiger partial charge on any atom is -0.490 e. The summed E-state index contributed by atoms with van der Waals surface area (Å²) in [6.45, 7) is 0.220. The first-order chi connectivity index (χ1) is 7.61. The largest absolute Gasteiger partial charge is 0.490 e. The number of hydrogen-bond donors (Lipinski definition) is 2. The lowest BCUT2D eigenvalue weighted by molar-refractivity contribution is -0.0664. The normalized spacial score (nSPS) is 17.6. The first kappa shape index (κ1) is 11.0. The Bertz CT molecular complexity index is 399. The van der Waals surface area contributed by atoms with Gasteiger partial charge in [-0.25, -0.2) is 0 Å². The average molecular weight is 221 g/mol. The van der Waals surface area contributed by atoms with Gasteiger partial charge in [0.15, 0.2) is 0 Å². The minimum absolute atomic E-state index is 0.220. The van der Waals surface area contributed by atoms with Crippen molar-refractivity contribution in [3.8, 4) is 5.75 Å². The Morgan fingerprint density at radius 3 is 2.69 bits per heavy atom. The number of amides is 1. The second-order valence-corrected chi connectivity index (χ2v) is 4.23. The predicted molar refractivity (Wildman–Crippen MR) is 59.3 cm³/mol. The Balaban J connectivity index is 2.06. The number of primary amides is 1. The molecule has 0 spiro atoms. The molecule has 0 heterocycles. The molecule has 0 aliphatic heterocycles. The molecule has 0 aromatic heterocycles. The molecule has 0 saturated heterocycles. The summed E-state index contributed by atoms with van der Waals surface area (Å²) >= 11 is 0. The maximum absolute atomic E-state index is 11.1. The van der Waals surface area contributed by atoms with E-state index in [4.69, 9.17) is 10.5 Å². The average Bonchev–Trinajstić information content (AvgIpc) is 2.24. The van der Waals surface area contributed by atoms with Crippen LogP contribution in [0, 0.1) is 0 Å². The molecule has 0 bridgehead atoms. The van der Waals surface area contributed by atoms with Crippen molar-refractivity contribution in [3.05, 3.63) is 29.8 Å². The summed E-state index contributed by atoms with van der Waals surface area (Å²) in [5.41, 5.74) is 4.85. The van der Waals surface area contributed by atoms with Crippen molar-refractivity contribution in [2.24, 2.45) is 5.73 Å². The summed E-state index contributed by atoms with van der Waals surface area (Å²) < 4.78 is 5.45. The summed E-state index contributed by atoms with van der Waals surface area (Å²) in [7, 11) is 0. The van der Waals surface area contributed by atoms with Crippen molar-refractivity contribution in [2.75, 3.05) is 6.61 Å². The van der Waals surface area contributed by atoms with Crippen LogP contribution >= 0.6 is 0 Å². The summed E-state index contributed by atoms with van der Waals surface area (Å²) in [6, 6.07) is 6.79. The van der Waals surface area contributed by atoms with Crippen molar-refractivity contribution >= 4 is 5.91 Å². The van der Waals surface area contributed by atoms with Crippen molar-refractivity contribution in [3.63, 3.8) is 0 Å². The molecule has 16 heavy (non-hydrogen) atoms. The lowest BCUT2D eigenvalue weighted by Crippen LogP contribution is -2.42. The van der Waals surface area contributed by atoms with Gasteiger partial charge in [-0.15, -0.1) is 0 Å². The van der Waals surface area contributed by atoms with Crippen LogP contribution in [0.3, 0.4) is 0 Å². The molecule has 0 unspecified atom stereocenters. The van der Waals surface area contributed by atoms with E-state index in [1.54, 1.807) is 24.3 Å². The highest BCUT2D eigenvalue weighted by Gasteiger charge is 2.35. The molecule has 1 amide bonds. The zero-order valence-corrected chi connectivity index (χ0v) is 8.98. The molecular formula is C12H15NO3. The maximum atomic E-state index is 11.1. The molecule has 3 N–H and O–H groups in total. The van der Waals surface area contributed by atoms with Crippen molar-refractivity contribution in [1.29, 1.82) is 0 Å². The number of carbonyl (C=O) groups is 1. The fraction of sp³-hybridized carbons (Fsp3) is 0.417. The van der Waals surface area contributed by atoms with Gasteiger partial charge in [0.25, 0.3) is 5.91 Å². The van der Waals surface area contributed by atoms with Crippen LogP contribution in [-0.4, -0.2) is 23.2 Å². The number of carbonyl (C=O) groups excluding carboxylic acids is 1. The number of aliphatic hydroxyl groups is 1. The molecule has 1 fully saturated rings. The van der Waals surface area contributed by atoms with Crippen LogP contribution in [0.1, 0.15) is 29.6 Å². The van der Waals surface area contributed by atoms with E-state index in [2.05, 4.69) is 0 Å². The van der Waals surface area contributed by atoms with Crippen LogP contribution in [0.2, 0.25) is 0 Å². The molecule has 1 aliphatic carbocycles. The van der Waals surface area contributed by atoms with E-state index in [0.29, 0.717) is 11.3 Å². The van der Waals surface area contributed by atoms with Gasteiger partial charge in [-0.3, -0.25) is 4.79 Å². The van der Waals surface area contributed by atoms with Crippen LogP contribution in [0.15, 0.2) is 24.3 Å². The Hall–Kier alpha value is -1.55. The second-order valence-electron chi connectivity index (χ2n) is 4.23. The summed E-state index contributed by atoms with van der Waals surface area (Å²) in [4.78, 5) is 11.1. The maximum Gasteiger partial charge on any atom is 0.252 e. The number of rotatable bonds is 4. The van der Waals surface area contributed by atoms with Gasteiger partial charge < -0.3 is 15.6 Å². The number of hydrogen-bond acceptors (Lipinski definition) is 3. The molecule has 0 radical (unpaired) electrons. The summed E-state index contributed by atoms with van der Waals surface area (Å²) in [5.74, 6) is -0.0773. The number of benzene rings is 1. The zero-order valence-electron chi connectivity index (χ0n) is 8.98. The first-order valence-corrected chi connectivity index (χ1v) is 5.35. The van der Waals surface area contributed by atoms with Gasteiger partial charge in [0.2, 0.25) is 0 Å². The first-order valence-electron chi connectivity index (χ1n) is 5.35. The van der Waals surface area contributed by atoms with E-state index < -0.39 is 11.5 Å². The van der Waals surface area contributed by atoms with Gasteiger partial charge in [0.1, 0.15) is 12.4 Å². The van der Waals surface area contributed by atoms with E-state index in [9.17, 15) is 9.90 Å². The number of ether oxygens (including phenoxy) is 1. The number of nitrogens with two attached hydrogens (primary N) is 1. The van der Waals surface area contributed by atoms with Crippen LogP contribution in [-0.2, 0) is 0 Å². The van der Waals surface area contributed by atoms with E-state index in [1.165, 1.54) is 0 Å². The van der Waals surface area contributed by atoms with Crippen LogP contribution in [0.5, 0.6) is 5.75 Å². The standard InChI is InChI=1S/C12H15NO3/c13-11(14)9-4-1-2-5-10(9)16-8-12(15)6-3-7-12/h1-2,4-5,15H,3,6-8H2,(H2,13,14). The molecule has 86 valence electrons. The summed E-state index contributed by atoms with van der Waals surface area (Å²) in [6.07, 6.45) is 2.54. The zero-order chi connectivity index (χ0) is 11.6. The number of para-hydroxylation sites is 1. The highest BCUT2D eigenvalue weighted by atomic mass is 16.5. The lowest BCUT2D eigenvalue weighted by atomic mass is 9.81. The third kappa shape index (κ3) is 2.17. The second kappa shape index (κ2) is 4.14. The van der Waals surface area contributed by atoms with E-state index in [1.807, 2.05) is 0 Å². The molecular weight excluding hydrogens is 206 g/mol. The van der Waals surface area contributed by atoms with Crippen molar-refractivity contribution in [1.82, 2.24) is 0 Å². The van der Waals surface area contributed by atoms with E-state index in [0.717, 1.165) is 19.3 Å². The van der Waals surface area contributed by atoms with Crippen LogP contribution in [0.4, 0.5) is 0 Å². The molecule has 4 heteroatoms. The Morgan fingerprint density at radius 2 is 2.12 bits per heavy atom. The van der Waals surface area contributed by atoms with Gasteiger partial charge in [0, 0.05) is 0 Å². The highest BCUT2D eigenvalue weighted by Crippen LogP contribution is 2.32. The quantitative estimate of drug-likeness (QED) is 0.799. The minimum atomic E-state index is -0.718. The molecule has 1 aromatic carbocycles. The predicted octanol–water partition coefficient (Wildman–Crippen LogP) is 1.08. The Labute approximate surface area is 94.0 Å². The van der Waals surface area contributed by atoms with E-state index in [-0.39, 0.29) is 6.61 Å². The molecule has 0 atom stereocenters.